The van der Waals surface area contributed by atoms with Gasteiger partial charge in [-0.25, -0.2) is 4.98 Å². The van der Waals surface area contributed by atoms with Crippen molar-refractivity contribution in [3.63, 3.8) is 0 Å². The fraction of sp³-hybridized carbons (Fsp3) is 0.500. The molecule has 3 aromatic rings. The number of nitrogens with zero attached hydrogens (tertiary/aromatic N) is 4. The molecule has 43 heavy (non-hydrogen) atoms. The minimum Gasteiger partial charge on any atom is -0.490 e. The van der Waals surface area contributed by atoms with Gasteiger partial charge in [0, 0.05) is 61.5 Å². The van der Waals surface area contributed by atoms with Crippen LogP contribution in [0, 0.1) is 13.8 Å². The number of rotatable bonds is 11. The van der Waals surface area contributed by atoms with Crippen molar-refractivity contribution in [2.24, 2.45) is 0 Å². The monoisotopic (exact) mass is 662 g/mol. The van der Waals surface area contributed by atoms with Crippen molar-refractivity contribution in [2.45, 2.75) is 58.6 Å². The Hall–Kier alpha value is -1.85. The summed E-state index contributed by atoms with van der Waals surface area (Å²) in [5, 5.41) is 1.05. The molecule has 0 spiro atoms. The van der Waals surface area contributed by atoms with E-state index in [0.29, 0.717) is 29.8 Å². The van der Waals surface area contributed by atoms with E-state index in [4.69, 9.17) is 49.6 Å². The first kappa shape index (κ1) is 32.5. The van der Waals surface area contributed by atoms with Gasteiger partial charge < -0.3 is 23.7 Å². The van der Waals surface area contributed by atoms with Crippen LogP contribution >= 0.6 is 47.2 Å². The minimum absolute atomic E-state index is 0.281. The molecule has 1 aromatic heterocycles. The van der Waals surface area contributed by atoms with E-state index in [2.05, 4.69) is 47.7 Å². The summed E-state index contributed by atoms with van der Waals surface area (Å²) in [5.74, 6) is 0.931. The van der Waals surface area contributed by atoms with Crippen LogP contribution in [0.15, 0.2) is 49.1 Å². The molecule has 0 unspecified atom stereocenters. The lowest BCUT2D eigenvalue weighted by molar-refractivity contribution is -0.189. The number of ether oxygens (including phenoxy) is 3. The number of hydrogen-bond donors (Lipinski definition) is 0. The Morgan fingerprint density at radius 1 is 1.14 bits per heavy atom. The summed E-state index contributed by atoms with van der Waals surface area (Å²) in [6.07, 6.45) is 7.48. The predicted octanol–water partition coefficient (Wildman–Crippen LogP) is 7.09. The van der Waals surface area contributed by atoms with Gasteiger partial charge in [0.2, 0.25) is 5.79 Å². The Morgan fingerprint density at radius 3 is 2.58 bits per heavy atom. The van der Waals surface area contributed by atoms with Crippen molar-refractivity contribution in [1.82, 2.24) is 19.4 Å². The van der Waals surface area contributed by atoms with Gasteiger partial charge in [-0.15, -0.1) is 0 Å². The minimum atomic E-state index is -1.08. The van der Waals surface area contributed by atoms with Crippen molar-refractivity contribution < 1.29 is 14.2 Å². The molecule has 2 saturated heterocycles. The third kappa shape index (κ3) is 8.25. The van der Waals surface area contributed by atoms with Crippen molar-refractivity contribution in [3.05, 3.63) is 81.4 Å². The third-order valence-electron chi connectivity index (χ3n) is 7.84. The Balaban J connectivity index is 1.18. The molecule has 5 rings (SSSR count). The molecular weight excluding hydrogens is 623 g/mol. The Labute approximate surface area is 274 Å². The third-order valence-corrected chi connectivity index (χ3v) is 10.0. The fourth-order valence-electron chi connectivity index (χ4n) is 5.65. The van der Waals surface area contributed by atoms with Crippen LogP contribution in [0.4, 0.5) is 0 Å². The molecule has 11 heteroatoms. The van der Waals surface area contributed by atoms with E-state index >= 15 is 0 Å². The van der Waals surface area contributed by atoms with Crippen LogP contribution in [0.1, 0.15) is 42.0 Å². The van der Waals surface area contributed by atoms with E-state index in [9.17, 15) is 0 Å². The lowest BCUT2D eigenvalue weighted by atomic mass is 10.0. The summed E-state index contributed by atoms with van der Waals surface area (Å²) in [7, 11) is 0. The summed E-state index contributed by atoms with van der Waals surface area (Å²) >= 11 is 20.3. The smallest absolute Gasteiger partial charge is 0.215 e. The molecule has 0 amide bonds. The number of hydrogen-bond acceptors (Lipinski definition) is 7. The quantitative estimate of drug-likeness (QED) is 0.159. The van der Waals surface area contributed by atoms with Gasteiger partial charge in [-0.1, -0.05) is 78.7 Å². The van der Waals surface area contributed by atoms with Crippen LogP contribution in [0.3, 0.4) is 0 Å². The number of aryl methyl sites for hydroxylation is 2. The van der Waals surface area contributed by atoms with E-state index < -0.39 is 5.79 Å². The van der Waals surface area contributed by atoms with Crippen molar-refractivity contribution in [1.29, 1.82) is 0 Å². The molecule has 0 saturated carbocycles. The summed E-state index contributed by atoms with van der Waals surface area (Å²) < 4.78 is 22.2. The number of imidazole rings is 1. The van der Waals surface area contributed by atoms with Crippen molar-refractivity contribution in [2.75, 3.05) is 45.1 Å². The number of thiocarbonyl (C=S) groups is 1. The Kier molecular flexibility index (Phi) is 11.3. The lowest BCUT2D eigenvalue weighted by Gasteiger charge is -2.36. The number of aromatic nitrogens is 2. The topological polar surface area (TPSA) is 52.0 Å². The van der Waals surface area contributed by atoms with Crippen LogP contribution < -0.4 is 4.74 Å². The normalized spacial score (nSPS) is 21.0. The lowest BCUT2D eigenvalue weighted by Crippen LogP contribution is -2.47. The molecule has 2 aliphatic rings. The highest BCUT2D eigenvalue weighted by Gasteiger charge is 2.45. The van der Waals surface area contributed by atoms with Crippen LogP contribution in [0.2, 0.25) is 10.0 Å². The molecule has 2 fully saturated rings. The largest absolute Gasteiger partial charge is 0.490 e. The fourth-order valence-corrected chi connectivity index (χ4v) is 7.61. The van der Waals surface area contributed by atoms with Gasteiger partial charge >= 0.3 is 0 Å². The van der Waals surface area contributed by atoms with Crippen molar-refractivity contribution in [3.8, 4) is 5.75 Å². The Bertz CT molecular complexity index is 1360. The summed E-state index contributed by atoms with van der Waals surface area (Å²) in [5.41, 5.74) is 4.26. The van der Waals surface area contributed by atoms with Crippen LogP contribution in [-0.4, -0.2) is 74.9 Å². The molecule has 2 atom stereocenters. The molecule has 0 bridgehead atoms. The average Bonchev–Trinajstić information content (AvgIpc) is 3.63. The second-order valence-electron chi connectivity index (χ2n) is 11.3. The van der Waals surface area contributed by atoms with E-state index in [1.54, 1.807) is 24.7 Å². The SMILES string of the molecule is CCCCSC(=S)N1CCN(Cc2cc(C)c(OC[C@@H]3CO[C@@](Cn4ccnc4)(c4ccc(Cl)cc4Cl)O3)c(C)c2)CC1. The number of unbranched alkanes of at least 4 members (excludes halogenated alkanes) is 1. The molecule has 232 valence electrons. The van der Waals surface area contributed by atoms with Crippen LogP contribution in [-0.2, 0) is 28.4 Å². The van der Waals surface area contributed by atoms with E-state index in [1.807, 2.05) is 28.6 Å². The summed E-state index contributed by atoms with van der Waals surface area (Å²) in [4.78, 5) is 9.04. The number of thioether (sulfide) groups is 1. The number of piperazine rings is 1. The van der Waals surface area contributed by atoms with E-state index in [0.717, 1.165) is 65.2 Å². The molecule has 0 aliphatic carbocycles. The summed E-state index contributed by atoms with van der Waals surface area (Å²) in [6, 6.07) is 9.84. The van der Waals surface area contributed by atoms with Crippen molar-refractivity contribution >= 4 is 51.5 Å². The van der Waals surface area contributed by atoms with Gasteiger partial charge in [0.25, 0.3) is 0 Å². The maximum absolute atomic E-state index is 6.62. The molecule has 2 aliphatic heterocycles. The maximum atomic E-state index is 6.62. The highest BCUT2D eigenvalue weighted by Crippen LogP contribution is 2.41. The van der Waals surface area contributed by atoms with Crippen LogP contribution in [0.5, 0.6) is 5.75 Å². The number of benzene rings is 2. The first-order valence-corrected chi connectivity index (χ1v) is 17.0. The second-order valence-corrected chi connectivity index (χ2v) is 13.8. The van der Waals surface area contributed by atoms with E-state index in [1.165, 1.54) is 18.4 Å². The van der Waals surface area contributed by atoms with Gasteiger partial charge in [0.1, 0.15) is 22.8 Å². The zero-order valence-corrected chi connectivity index (χ0v) is 28.2. The highest BCUT2D eigenvalue weighted by atomic mass is 35.5. The molecule has 7 nitrogen and oxygen atoms in total. The number of halogens is 2. The molecule has 0 radical (unpaired) electrons. The van der Waals surface area contributed by atoms with Gasteiger partial charge in [-0.2, -0.15) is 0 Å². The standard InChI is InChI=1S/C32H40Cl2N4O3S2/c1-4-5-14-43-31(42)38-12-10-36(11-13-38)18-25-15-23(2)30(24(3)16-25)39-19-27-20-40-32(41-27,21-37-9-8-35-22-37)28-7-6-26(33)17-29(28)34/h6-9,15-17,22,27H,4-5,10-14,18-21H2,1-3H3/t27-,32-/m1/s1. The van der Waals surface area contributed by atoms with Gasteiger partial charge in [0.05, 0.1) is 24.5 Å². The first-order chi connectivity index (χ1) is 20.8. The second kappa shape index (κ2) is 15.0. The molecular formula is C32H40Cl2N4O3S2. The van der Waals surface area contributed by atoms with Gasteiger partial charge in [0.15, 0.2) is 0 Å². The zero-order valence-electron chi connectivity index (χ0n) is 25.1. The van der Waals surface area contributed by atoms with Gasteiger partial charge in [-0.05, 0) is 49.1 Å². The van der Waals surface area contributed by atoms with Crippen LogP contribution in [0.25, 0.3) is 0 Å². The van der Waals surface area contributed by atoms with Gasteiger partial charge in [-0.3, -0.25) is 4.90 Å². The molecule has 0 N–H and O–H groups in total. The average molecular weight is 664 g/mol. The molecule has 2 aromatic carbocycles. The first-order valence-electron chi connectivity index (χ1n) is 14.9. The maximum Gasteiger partial charge on any atom is 0.215 e. The Morgan fingerprint density at radius 2 is 1.91 bits per heavy atom. The highest BCUT2D eigenvalue weighted by molar-refractivity contribution is 8.22. The zero-order chi connectivity index (χ0) is 30.4. The molecule has 3 heterocycles. The predicted molar refractivity (Wildman–Crippen MR) is 179 cm³/mol. The summed E-state index contributed by atoms with van der Waals surface area (Å²) in [6.45, 7) is 12.5. The van der Waals surface area contributed by atoms with E-state index in [-0.39, 0.29) is 6.10 Å².